The van der Waals surface area contributed by atoms with Gasteiger partial charge in [0.25, 0.3) is 0 Å². The number of carbonyl (C=O) groups excluding carboxylic acids is 2. The molecule has 3 rings (SSSR count). The van der Waals surface area contributed by atoms with Gasteiger partial charge >= 0.3 is 0 Å². The predicted molar refractivity (Wildman–Crippen MR) is 106 cm³/mol. The lowest BCUT2D eigenvalue weighted by molar-refractivity contribution is -0.122. The van der Waals surface area contributed by atoms with Gasteiger partial charge in [-0.1, -0.05) is 50.6 Å². The molecule has 1 fully saturated rings. The molecule has 0 aliphatic carbocycles. The Morgan fingerprint density at radius 2 is 1.85 bits per heavy atom. The summed E-state index contributed by atoms with van der Waals surface area (Å²) in [6.45, 7) is 6.81. The second kappa shape index (κ2) is 7.12. The average molecular weight is 371 g/mol. The SMILES string of the molecule is CC(C)(C)c1ccc(NC(=O)C2CC(=O)N(c3cccc(Cl)c3)C2)cc1. The first-order chi connectivity index (χ1) is 12.2. The lowest BCUT2D eigenvalue weighted by atomic mass is 9.87. The molecule has 2 aromatic rings. The molecule has 0 aromatic heterocycles. The smallest absolute Gasteiger partial charge is 0.229 e. The molecule has 1 N–H and O–H groups in total. The summed E-state index contributed by atoms with van der Waals surface area (Å²) in [7, 11) is 0. The summed E-state index contributed by atoms with van der Waals surface area (Å²) in [6, 6.07) is 15.0. The van der Waals surface area contributed by atoms with Crippen molar-refractivity contribution in [3.63, 3.8) is 0 Å². The van der Waals surface area contributed by atoms with Gasteiger partial charge in [0.15, 0.2) is 0 Å². The molecular formula is C21H23ClN2O2. The summed E-state index contributed by atoms with van der Waals surface area (Å²) < 4.78 is 0. The second-order valence-corrected chi connectivity index (χ2v) is 8.14. The number of hydrogen-bond acceptors (Lipinski definition) is 2. The van der Waals surface area contributed by atoms with Crippen LogP contribution in [0.2, 0.25) is 5.02 Å². The molecule has 1 aliphatic heterocycles. The maximum absolute atomic E-state index is 12.6. The Morgan fingerprint density at radius 1 is 1.15 bits per heavy atom. The zero-order chi connectivity index (χ0) is 18.9. The van der Waals surface area contributed by atoms with E-state index in [2.05, 4.69) is 26.1 Å². The number of rotatable bonds is 3. The Kier molecular flexibility index (Phi) is 5.05. The molecule has 0 saturated carbocycles. The number of anilines is 2. The van der Waals surface area contributed by atoms with E-state index < -0.39 is 0 Å². The van der Waals surface area contributed by atoms with Gasteiger partial charge in [-0.3, -0.25) is 9.59 Å². The van der Waals surface area contributed by atoms with E-state index in [-0.39, 0.29) is 29.6 Å². The van der Waals surface area contributed by atoms with Crippen LogP contribution in [0.5, 0.6) is 0 Å². The van der Waals surface area contributed by atoms with E-state index in [0.717, 1.165) is 11.4 Å². The standard InChI is InChI=1S/C21H23ClN2O2/c1-21(2,3)15-7-9-17(10-8-15)23-20(26)14-11-19(25)24(13-14)18-6-4-5-16(22)12-18/h4-10,12,14H,11,13H2,1-3H3,(H,23,26). The Labute approximate surface area is 159 Å². The summed E-state index contributed by atoms with van der Waals surface area (Å²) in [5, 5.41) is 3.49. The molecular weight excluding hydrogens is 348 g/mol. The molecule has 5 heteroatoms. The third-order valence-electron chi connectivity index (χ3n) is 4.63. The maximum atomic E-state index is 12.6. The quantitative estimate of drug-likeness (QED) is 0.856. The number of nitrogens with zero attached hydrogens (tertiary/aromatic N) is 1. The van der Waals surface area contributed by atoms with Gasteiger partial charge in [-0.25, -0.2) is 0 Å². The summed E-state index contributed by atoms with van der Waals surface area (Å²) >= 11 is 6.00. The molecule has 1 saturated heterocycles. The Bertz CT molecular complexity index is 825. The molecule has 2 amide bonds. The number of hydrogen-bond donors (Lipinski definition) is 1. The minimum atomic E-state index is -0.372. The van der Waals surface area contributed by atoms with Crippen LogP contribution in [0.4, 0.5) is 11.4 Å². The molecule has 1 unspecified atom stereocenters. The van der Waals surface area contributed by atoms with Gasteiger partial charge in [0.2, 0.25) is 11.8 Å². The van der Waals surface area contributed by atoms with Gasteiger partial charge in [-0.2, -0.15) is 0 Å². The summed E-state index contributed by atoms with van der Waals surface area (Å²) in [6.07, 6.45) is 0.207. The third-order valence-corrected chi connectivity index (χ3v) is 4.87. The Balaban J connectivity index is 1.67. The van der Waals surface area contributed by atoms with Crippen LogP contribution in [0, 0.1) is 5.92 Å². The van der Waals surface area contributed by atoms with Crippen LogP contribution in [0.3, 0.4) is 0 Å². The maximum Gasteiger partial charge on any atom is 0.229 e. The molecule has 0 radical (unpaired) electrons. The zero-order valence-electron chi connectivity index (χ0n) is 15.3. The van der Waals surface area contributed by atoms with Gasteiger partial charge < -0.3 is 10.2 Å². The van der Waals surface area contributed by atoms with Crippen molar-refractivity contribution in [1.82, 2.24) is 0 Å². The highest BCUT2D eigenvalue weighted by Gasteiger charge is 2.35. The van der Waals surface area contributed by atoms with Gasteiger partial charge in [0.1, 0.15) is 0 Å². The van der Waals surface area contributed by atoms with Crippen molar-refractivity contribution < 1.29 is 9.59 Å². The number of carbonyl (C=O) groups is 2. The topological polar surface area (TPSA) is 49.4 Å². The molecule has 0 spiro atoms. The van der Waals surface area contributed by atoms with Gasteiger partial charge in [-0.15, -0.1) is 0 Å². The van der Waals surface area contributed by atoms with Crippen molar-refractivity contribution in [2.45, 2.75) is 32.6 Å². The van der Waals surface area contributed by atoms with Crippen molar-refractivity contribution in [3.05, 3.63) is 59.1 Å². The molecule has 26 heavy (non-hydrogen) atoms. The predicted octanol–water partition coefficient (Wildman–Crippen LogP) is 4.63. The van der Waals surface area contributed by atoms with E-state index in [0.29, 0.717) is 11.6 Å². The van der Waals surface area contributed by atoms with E-state index in [1.165, 1.54) is 5.56 Å². The molecule has 1 aliphatic rings. The van der Waals surface area contributed by atoms with Crippen LogP contribution < -0.4 is 10.2 Å². The molecule has 0 bridgehead atoms. The Hall–Kier alpha value is -2.33. The molecule has 136 valence electrons. The molecule has 4 nitrogen and oxygen atoms in total. The fourth-order valence-electron chi connectivity index (χ4n) is 3.07. The lowest BCUT2D eigenvalue weighted by Gasteiger charge is -2.19. The summed E-state index contributed by atoms with van der Waals surface area (Å²) in [5.41, 5.74) is 2.75. The first kappa shape index (κ1) is 18.5. The number of nitrogens with one attached hydrogen (secondary N) is 1. The largest absolute Gasteiger partial charge is 0.326 e. The molecule has 2 aromatic carbocycles. The first-order valence-electron chi connectivity index (χ1n) is 8.71. The highest BCUT2D eigenvalue weighted by atomic mass is 35.5. The third kappa shape index (κ3) is 4.07. The minimum Gasteiger partial charge on any atom is -0.326 e. The van der Waals surface area contributed by atoms with Gasteiger partial charge in [-0.05, 0) is 41.3 Å². The van der Waals surface area contributed by atoms with Crippen molar-refractivity contribution in [3.8, 4) is 0 Å². The van der Waals surface area contributed by atoms with E-state index in [9.17, 15) is 9.59 Å². The summed E-state index contributed by atoms with van der Waals surface area (Å²) in [4.78, 5) is 26.5. The highest BCUT2D eigenvalue weighted by Crippen LogP contribution is 2.28. The second-order valence-electron chi connectivity index (χ2n) is 7.70. The van der Waals surface area contributed by atoms with Crippen LogP contribution in [0.1, 0.15) is 32.8 Å². The first-order valence-corrected chi connectivity index (χ1v) is 9.09. The van der Waals surface area contributed by atoms with Crippen LogP contribution in [0.15, 0.2) is 48.5 Å². The van der Waals surface area contributed by atoms with Gasteiger partial charge in [0, 0.05) is 29.4 Å². The average Bonchev–Trinajstić information content (AvgIpc) is 2.96. The zero-order valence-corrected chi connectivity index (χ0v) is 16.0. The van der Waals surface area contributed by atoms with Crippen molar-refractivity contribution >= 4 is 34.8 Å². The van der Waals surface area contributed by atoms with Crippen LogP contribution in [-0.4, -0.2) is 18.4 Å². The van der Waals surface area contributed by atoms with Crippen LogP contribution >= 0.6 is 11.6 Å². The summed E-state index contributed by atoms with van der Waals surface area (Å²) in [5.74, 6) is -0.564. The number of halogens is 1. The normalized spacial score (nSPS) is 17.5. The van der Waals surface area contributed by atoms with E-state index in [1.807, 2.05) is 30.3 Å². The molecule has 1 atom stereocenters. The number of amides is 2. The molecule has 1 heterocycles. The monoisotopic (exact) mass is 370 g/mol. The minimum absolute atomic E-state index is 0.0597. The lowest BCUT2D eigenvalue weighted by Crippen LogP contribution is -2.28. The van der Waals surface area contributed by atoms with Crippen molar-refractivity contribution in [2.75, 3.05) is 16.8 Å². The fourth-order valence-corrected chi connectivity index (χ4v) is 3.26. The van der Waals surface area contributed by atoms with Crippen molar-refractivity contribution in [2.24, 2.45) is 5.92 Å². The number of benzene rings is 2. The van der Waals surface area contributed by atoms with E-state index >= 15 is 0 Å². The van der Waals surface area contributed by atoms with Crippen molar-refractivity contribution in [1.29, 1.82) is 0 Å². The van der Waals surface area contributed by atoms with E-state index in [4.69, 9.17) is 11.6 Å². The van der Waals surface area contributed by atoms with E-state index in [1.54, 1.807) is 23.1 Å². The Morgan fingerprint density at radius 3 is 2.46 bits per heavy atom. The fraction of sp³-hybridized carbons (Fsp3) is 0.333. The van der Waals surface area contributed by atoms with Crippen LogP contribution in [0.25, 0.3) is 0 Å². The van der Waals surface area contributed by atoms with Gasteiger partial charge in [0.05, 0.1) is 5.92 Å². The van der Waals surface area contributed by atoms with Crippen LogP contribution in [-0.2, 0) is 15.0 Å². The highest BCUT2D eigenvalue weighted by molar-refractivity contribution is 6.31.